The van der Waals surface area contributed by atoms with Crippen molar-refractivity contribution in [3.63, 3.8) is 0 Å². The Balaban J connectivity index is 2.16. The van der Waals surface area contributed by atoms with Gasteiger partial charge in [-0.2, -0.15) is 0 Å². The van der Waals surface area contributed by atoms with Crippen LogP contribution in [-0.4, -0.2) is 23.0 Å². The number of rotatable bonds is 3. The molecule has 0 amide bonds. The summed E-state index contributed by atoms with van der Waals surface area (Å²) >= 11 is 5.74. The normalized spacial score (nSPS) is 10.6. The van der Waals surface area contributed by atoms with Gasteiger partial charge in [-0.25, -0.2) is 4.98 Å². The number of aromatic amines is 1. The Labute approximate surface area is 97.6 Å². The van der Waals surface area contributed by atoms with E-state index in [9.17, 15) is 4.79 Å². The molecule has 0 atom stereocenters. The van der Waals surface area contributed by atoms with Gasteiger partial charge in [0.05, 0.1) is 18.1 Å². The fourth-order valence-electron chi connectivity index (χ4n) is 1.53. The number of methoxy groups -OCH3 is 1. The van der Waals surface area contributed by atoms with Crippen LogP contribution in [0.1, 0.15) is 12.0 Å². The van der Waals surface area contributed by atoms with E-state index in [1.54, 1.807) is 0 Å². The van der Waals surface area contributed by atoms with Gasteiger partial charge in [0.15, 0.2) is 0 Å². The van der Waals surface area contributed by atoms with Crippen molar-refractivity contribution in [1.82, 2.24) is 9.97 Å². The molecule has 0 aliphatic carbocycles. The lowest BCUT2D eigenvalue weighted by atomic mass is 10.1. The molecule has 0 saturated heterocycles. The standard InChI is InChI=1S/C11H11ClN2O2/c1-16-10(15)5-3-7-2-4-8-9(6-7)14-11(12)13-8/h2,4,6H,3,5H2,1H3,(H,13,14). The number of benzene rings is 1. The van der Waals surface area contributed by atoms with Gasteiger partial charge in [0.25, 0.3) is 0 Å². The molecule has 4 nitrogen and oxygen atoms in total. The van der Waals surface area contributed by atoms with E-state index < -0.39 is 0 Å². The predicted molar refractivity (Wildman–Crippen MR) is 61.4 cm³/mol. The average Bonchev–Trinajstić information content (AvgIpc) is 2.65. The molecular weight excluding hydrogens is 228 g/mol. The molecule has 0 saturated carbocycles. The number of nitrogens with zero attached hydrogens (tertiary/aromatic N) is 1. The number of halogens is 1. The molecular formula is C11H11ClN2O2. The molecule has 16 heavy (non-hydrogen) atoms. The van der Waals surface area contributed by atoms with Gasteiger partial charge < -0.3 is 9.72 Å². The monoisotopic (exact) mass is 238 g/mol. The maximum Gasteiger partial charge on any atom is 0.305 e. The van der Waals surface area contributed by atoms with Crippen molar-refractivity contribution in [1.29, 1.82) is 0 Å². The number of imidazole rings is 1. The number of fused-ring (bicyclic) bond motifs is 1. The highest BCUT2D eigenvalue weighted by Gasteiger charge is 2.04. The fraction of sp³-hybridized carbons (Fsp3) is 0.273. The summed E-state index contributed by atoms with van der Waals surface area (Å²) in [6.07, 6.45) is 1.03. The van der Waals surface area contributed by atoms with Crippen molar-refractivity contribution >= 4 is 28.6 Å². The maximum absolute atomic E-state index is 11.0. The summed E-state index contributed by atoms with van der Waals surface area (Å²) in [5.41, 5.74) is 2.76. The summed E-state index contributed by atoms with van der Waals surface area (Å²) in [6, 6.07) is 5.75. The number of nitrogens with one attached hydrogen (secondary N) is 1. The van der Waals surface area contributed by atoms with E-state index >= 15 is 0 Å². The summed E-state index contributed by atoms with van der Waals surface area (Å²) < 4.78 is 4.58. The summed E-state index contributed by atoms with van der Waals surface area (Å²) in [7, 11) is 1.39. The minimum atomic E-state index is -0.206. The molecule has 84 valence electrons. The molecule has 0 bridgehead atoms. The van der Waals surface area contributed by atoms with Crippen LogP contribution in [0.4, 0.5) is 0 Å². The van der Waals surface area contributed by atoms with E-state index in [0.717, 1.165) is 16.6 Å². The number of aromatic nitrogens is 2. The number of ether oxygens (including phenoxy) is 1. The Kier molecular flexibility index (Phi) is 3.10. The highest BCUT2D eigenvalue weighted by Crippen LogP contribution is 2.17. The van der Waals surface area contributed by atoms with Gasteiger partial charge in [-0.05, 0) is 35.7 Å². The zero-order chi connectivity index (χ0) is 11.5. The van der Waals surface area contributed by atoms with Crippen molar-refractivity contribution in [2.75, 3.05) is 7.11 Å². The van der Waals surface area contributed by atoms with Crippen LogP contribution in [0.15, 0.2) is 18.2 Å². The molecule has 2 aromatic rings. The lowest BCUT2D eigenvalue weighted by Gasteiger charge is -2.00. The van der Waals surface area contributed by atoms with Crippen LogP contribution >= 0.6 is 11.6 Å². The Morgan fingerprint density at radius 2 is 2.38 bits per heavy atom. The average molecular weight is 239 g/mol. The number of hydrogen-bond donors (Lipinski definition) is 1. The molecule has 1 aromatic carbocycles. The second-order valence-corrected chi connectivity index (χ2v) is 3.81. The fourth-order valence-corrected chi connectivity index (χ4v) is 1.72. The van der Waals surface area contributed by atoms with Gasteiger partial charge in [0.2, 0.25) is 5.28 Å². The van der Waals surface area contributed by atoms with Gasteiger partial charge in [-0.3, -0.25) is 4.79 Å². The second kappa shape index (κ2) is 4.53. The van der Waals surface area contributed by atoms with Crippen molar-refractivity contribution in [3.8, 4) is 0 Å². The molecule has 1 heterocycles. The van der Waals surface area contributed by atoms with Gasteiger partial charge in [0.1, 0.15) is 0 Å². The largest absolute Gasteiger partial charge is 0.469 e. The van der Waals surface area contributed by atoms with Crippen LogP contribution in [0.25, 0.3) is 11.0 Å². The van der Waals surface area contributed by atoms with Gasteiger partial charge in [-0.1, -0.05) is 6.07 Å². The van der Waals surface area contributed by atoms with Crippen LogP contribution in [-0.2, 0) is 16.0 Å². The van der Waals surface area contributed by atoms with Crippen LogP contribution in [0.5, 0.6) is 0 Å². The molecule has 0 fully saturated rings. The van der Waals surface area contributed by atoms with Crippen LogP contribution < -0.4 is 0 Å². The van der Waals surface area contributed by atoms with Crippen molar-refractivity contribution in [2.24, 2.45) is 0 Å². The lowest BCUT2D eigenvalue weighted by Crippen LogP contribution is -2.01. The van der Waals surface area contributed by atoms with E-state index in [2.05, 4.69) is 14.7 Å². The first-order valence-electron chi connectivity index (χ1n) is 4.90. The predicted octanol–water partition coefficient (Wildman–Crippen LogP) is 2.32. The third-order valence-electron chi connectivity index (χ3n) is 2.36. The maximum atomic E-state index is 11.0. The van der Waals surface area contributed by atoms with E-state index in [-0.39, 0.29) is 5.97 Å². The van der Waals surface area contributed by atoms with Crippen molar-refractivity contribution < 1.29 is 9.53 Å². The lowest BCUT2D eigenvalue weighted by molar-refractivity contribution is -0.140. The smallest absolute Gasteiger partial charge is 0.305 e. The van der Waals surface area contributed by atoms with E-state index in [0.29, 0.717) is 18.1 Å². The SMILES string of the molecule is COC(=O)CCc1ccc2nc(Cl)[nH]c2c1. The van der Waals surface area contributed by atoms with E-state index in [1.807, 2.05) is 18.2 Å². The van der Waals surface area contributed by atoms with Crippen LogP contribution in [0.3, 0.4) is 0 Å². The quantitative estimate of drug-likeness (QED) is 0.835. The summed E-state index contributed by atoms with van der Waals surface area (Å²) in [5.74, 6) is -0.206. The Morgan fingerprint density at radius 3 is 3.12 bits per heavy atom. The van der Waals surface area contributed by atoms with Gasteiger partial charge in [-0.15, -0.1) is 0 Å². The Hall–Kier alpha value is -1.55. The molecule has 0 spiro atoms. The molecule has 0 aliphatic heterocycles. The third kappa shape index (κ3) is 2.33. The van der Waals surface area contributed by atoms with Crippen LogP contribution in [0, 0.1) is 0 Å². The first kappa shape index (κ1) is 11.0. The zero-order valence-corrected chi connectivity index (χ0v) is 9.54. The Bertz CT molecular complexity index is 522. The first-order chi connectivity index (χ1) is 7.69. The number of hydrogen-bond acceptors (Lipinski definition) is 3. The zero-order valence-electron chi connectivity index (χ0n) is 8.79. The summed E-state index contributed by atoms with van der Waals surface area (Å²) in [5, 5.41) is 0.375. The second-order valence-electron chi connectivity index (χ2n) is 3.46. The minimum absolute atomic E-state index is 0.206. The molecule has 0 radical (unpaired) electrons. The molecule has 0 unspecified atom stereocenters. The highest BCUT2D eigenvalue weighted by atomic mass is 35.5. The Morgan fingerprint density at radius 1 is 1.56 bits per heavy atom. The van der Waals surface area contributed by atoms with E-state index in [4.69, 9.17) is 11.6 Å². The van der Waals surface area contributed by atoms with E-state index in [1.165, 1.54) is 7.11 Å². The topological polar surface area (TPSA) is 55.0 Å². The molecule has 5 heteroatoms. The van der Waals surface area contributed by atoms with Gasteiger partial charge in [0, 0.05) is 6.42 Å². The molecule has 1 N–H and O–H groups in total. The summed E-state index contributed by atoms with van der Waals surface area (Å²) in [6.45, 7) is 0. The van der Waals surface area contributed by atoms with Crippen LogP contribution in [0.2, 0.25) is 5.28 Å². The van der Waals surface area contributed by atoms with Gasteiger partial charge >= 0.3 is 5.97 Å². The summed E-state index contributed by atoms with van der Waals surface area (Å²) in [4.78, 5) is 18.0. The molecule has 2 rings (SSSR count). The number of carbonyl (C=O) groups is 1. The van der Waals surface area contributed by atoms with Crippen molar-refractivity contribution in [2.45, 2.75) is 12.8 Å². The third-order valence-corrected chi connectivity index (χ3v) is 2.54. The highest BCUT2D eigenvalue weighted by molar-refractivity contribution is 6.29. The number of esters is 1. The molecule has 0 aliphatic rings. The van der Waals surface area contributed by atoms with Crippen molar-refractivity contribution in [3.05, 3.63) is 29.0 Å². The molecule has 1 aromatic heterocycles. The number of carbonyl (C=O) groups excluding carboxylic acids is 1. The number of aryl methyl sites for hydroxylation is 1. The number of H-pyrrole nitrogens is 1. The first-order valence-corrected chi connectivity index (χ1v) is 5.28. The minimum Gasteiger partial charge on any atom is -0.469 e.